The minimum Gasteiger partial charge on any atom is -0.451 e. The fourth-order valence-corrected chi connectivity index (χ4v) is 3.45. The molecule has 0 atom stereocenters. The van der Waals surface area contributed by atoms with Gasteiger partial charge < -0.3 is 20.9 Å². The smallest absolute Gasteiger partial charge is 0.178 e. The van der Waals surface area contributed by atoms with E-state index in [0.717, 1.165) is 10.4 Å². The Kier molecular flexibility index (Phi) is 4.68. The molecule has 5 heteroatoms. The first kappa shape index (κ1) is 17.0. The Labute approximate surface area is 161 Å². The molecule has 0 spiro atoms. The molecule has 0 aliphatic rings. The van der Waals surface area contributed by atoms with Gasteiger partial charge in [-0.05, 0) is 47.8 Å². The third-order valence-electron chi connectivity index (χ3n) is 4.04. The fraction of sp³-hybridized carbons (Fsp3) is 0. The number of ether oxygens (including phenoxy) is 2. The van der Waals surface area contributed by atoms with Crippen LogP contribution in [0.15, 0.2) is 84.2 Å². The molecule has 0 amide bonds. The highest BCUT2D eigenvalue weighted by atomic mass is 32.1. The van der Waals surface area contributed by atoms with Gasteiger partial charge in [-0.1, -0.05) is 36.4 Å². The van der Waals surface area contributed by atoms with Gasteiger partial charge in [-0.3, -0.25) is 0 Å². The van der Waals surface area contributed by atoms with Crippen molar-refractivity contribution in [2.24, 2.45) is 0 Å². The highest BCUT2D eigenvalue weighted by Crippen LogP contribution is 2.45. The first-order valence-corrected chi connectivity index (χ1v) is 9.32. The van der Waals surface area contributed by atoms with Crippen LogP contribution in [0.5, 0.6) is 23.0 Å². The van der Waals surface area contributed by atoms with Crippen LogP contribution in [-0.4, -0.2) is 0 Å². The van der Waals surface area contributed by atoms with Crippen LogP contribution in [0.1, 0.15) is 0 Å². The number of rotatable bonds is 5. The number of hydrogen-bond acceptors (Lipinski definition) is 5. The van der Waals surface area contributed by atoms with Gasteiger partial charge in [0.2, 0.25) is 0 Å². The van der Waals surface area contributed by atoms with Crippen LogP contribution in [0.4, 0.5) is 11.4 Å². The van der Waals surface area contributed by atoms with Gasteiger partial charge >= 0.3 is 0 Å². The lowest BCUT2D eigenvalue weighted by Gasteiger charge is -2.17. The van der Waals surface area contributed by atoms with Crippen molar-refractivity contribution in [3.05, 3.63) is 84.2 Å². The summed E-state index contributed by atoms with van der Waals surface area (Å²) in [5.74, 6) is 2.32. The number of benzene rings is 3. The second-order valence-corrected chi connectivity index (χ2v) is 6.84. The maximum atomic E-state index is 6.22. The van der Waals surface area contributed by atoms with Crippen molar-refractivity contribution in [2.75, 3.05) is 11.5 Å². The Bertz CT molecular complexity index is 1060. The third-order valence-corrected chi connectivity index (χ3v) is 4.94. The van der Waals surface area contributed by atoms with Gasteiger partial charge in [-0.25, -0.2) is 0 Å². The zero-order valence-corrected chi connectivity index (χ0v) is 15.3. The van der Waals surface area contributed by atoms with E-state index in [1.54, 1.807) is 23.5 Å². The summed E-state index contributed by atoms with van der Waals surface area (Å²) < 4.78 is 12.3. The average Bonchev–Trinajstić information content (AvgIpc) is 3.21. The lowest BCUT2D eigenvalue weighted by molar-refractivity contribution is 0.422. The van der Waals surface area contributed by atoms with E-state index in [-0.39, 0.29) is 0 Å². The van der Waals surface area contributed by atoms with E-state index in [0.29, 0.717) is 34.4 Å². The zero-order chi connectivity index (χ0) is 18.6. The predicted octanol–water partition coefficient (Wildman–Crippen LogP) is 6.16. The van der Waals surface area contributed by atoms with Crippen LogP contribution in [0.2, 0.25) is 0 Å². The van der Waals surface area contributed by atoms with Crippen LogP contribution in [0, 0.1) is 0 Å². The first-order chi connectivity index (χ1) is 13.2. The number of thiophene rings is 1. The Morgan fingerprint density at radius 1 is 0.593 bits per heavy atom. The van der Waals surface area contributed by atoms with E-state index in [9.17, 15) is 0 Å². The van der Waals surface area contributed by atoms with E-state index < -0.39 is 0 Å². The van der Waals surface area contributed by atoms with Gasteiger partial charge in [0.05, 0.1) is 11.4 Å². The van der Waals surface area contributed by atoms with Crippen molar-refractivity contribution in [3.8, 4) is 33.4 Å². The van der Waals surface area contributed by atoms with Crippen LogP contribution >= 0.6 is 11.3 Å². The van der Waals surface area contributed by atoms with Gasteiger partial charge in [0.1, 0.15) is 0 Å². The molecule has 0 bridgehead atoms. The highest BCUT2D eigenvalue weighted by Gasteiger charge is 2.17. The molecule has 27 heavy (non-hydrogen) atoms. The molecule has 0 unspecified atom stereocenters. The fourth-order valence-electron chi connectivity index (χ4n) is 2.70. The van der Waals surface area contributed by atoms with E-state index in [4.69, 9.17) is 20.9 Å². The monoisotopic (exact) mass is 374 g/mol. The molecule has 0 saturated heterocycles. The van der Waals surface area contributed by atoms with E-state index in [1.807, 2.05) is 72.1 Å². The number of nitrogen functional groups attached to an aromatic ring is 2. The molecule has 1 aromatic heterocycles. The Hall–Kier alpha value is -3.44. The molecule has 0 fully saturated rings. The molecule has 134 valence electrons. The Balaban J connectivity index is 1.82. The average molecular weight is 374 g/mol. The van der Waals surface area contributed by atoms with Crippen LogP contribution in [0.25, 0.3) is 10.4 Å². The molecular formula is C22H18N2O2S. The maximum Gasteiger partial charge on any atom is 0.178 e. The SMILES string of the molecule is Nc1ccccc1Oc1cccc(-c2cccs2)c1Oc1ccccc1N. The molecule has 0 aliphatic carbocycles. The molecule has 3 aromatic carbocycles. The third kappa shape index (κ3) is 3.59. The van der Waals surface area contributed by atoms with Crippen molar-refractivity contribution in [1.82, 2.24) is 0 Å². The molecule has 1 heterocycles. The standard InChI is InChI=1S/C22H18N2O2S/c23-16-8-1-3-10-18(16)25-20-12-5-7-15(21-13-6-14-27-21)22(20)26-19-11-4-2-9-17(19)24/h1-14H,23-24H2. The van der Waals surface area contributed by atoms with E-state index in [2.05, 4.69) is 0 Å². The highest BCUT2D eigenvalue weighted by molar-refractivity contribution is 7.13. The van der Waals surface area contributed by atoms with Crippen molar-refractivity contribution >= 4 is 22.7 Å². The molecule has 4 rings (SSSR count). The summed E-state index contributed by atoms with van der Waals surface area (Å²) in [6, 6.07) is 24.6. The second kappa shape index (κ2) is 7.43. The molecule has 0 saturated carbocycles. The minimum absolute atomic E-state index is 0.559. The normalized spacial score (nSPS) is 10.5. The minimum atomic E-state index is 0.559. The van der Waals surface area contributed by atoms with Crippen LogP contribution in [-0.2, 0) is 0 Å². The topological polar surface area (TPSA) is 70.5 Å². The Morgan fingerprint density at radius 2 is 1.22 bits per heavy atom. The first-order valence-electron chi connectivity index (χ1n) is 8.44. The summed E-state index contributed by atoms with van der Waals surface area (Å²) in [6.07, 6.45) is 0. The van der Waals surface area contributed by atoms with Gasteiger partial charge in [-0.2, -0.15) is 0 Å². The molecule has 0 aliphatic heterocycles. The molecule has 4 aromatic rings. The van der Waals surface area contributed by atoms with Crippen LogP contribution < -0.4 is 20.9 Å². The quantitative estimate of drug-likeness (QED) is 0.410. The largest absolute Gasteiger partial charge is 0.451 e. The maximum absolute atomic E-state index is 6.22. The molecular weight excluding hydrogens is 356 g/mol. The number of hydrogen-bond donors (Lipinski definition) is 2. The van der Waals surface area contributed by atoms with Crippen molar-refractivity contribution in [2.45, 2.75) is 0 Å². The van der Waals surface area contributed by atoms with Gasteiger partial charge in [0.25, 0.3) is 0 Å². The van der Waals surface area contributed by atoms with E-state index >= 15 is 0 Å². The summed E-state index contributed by atoms with van der Waals surface area (Å²) in [6.45, 7) is 0. The molecule has 4 nitrogen and oxygen atoms in total. The van der Waals surface area contributed by atoms with E-state index in [1.165, 1.54) is 0 Å². The second-order valence-electron chi connectivity index (χ2n) is 5.89. The summed E-state index contributed by atoms with van der Waals surface area (Å²) in [4.78, 5) is 1.07. The lowest BCUT2D eigenvalue weighted by Crippen LogP contribution is -1.97. The number of para-hydroxylation sites is 5. The van der Waals surface area contributed by atoms with Gasteiger partial charge in [0.15, 0.2) is 23.0 Å². The predicted molar refractivity (Wildman–Crippen MR) is 112 cm³/mol. The van der Waals surface area contributed by atoms with Gasteiger partial charge in [-0.15, -0.1) is 11.3 Å². The molecule has 4 N–H and O–H groups in total. The Morgan fingerprint density at radius 3 is 1.85 bits per heavy atom. The summed E-state index contributed by atoms with van der Waals surface area (Å²) >= 11 is 1.63. The molecule has 0 radical (unpaired) electrons. The summed E-state index contributed by atoms with van der Waals surface area (Å²) in [5.41, 5.74) is 14.2. The van der Waals surface area contributed by atoms with Crippen molar-refractivity contribution in [1.29, 1.82) is 0 Å². The van der Waals surface area contributed by atoms with Gasteiger partial charge in [0, 0.05) is 10.4 Å². The number of nitrogens with two attached hydrogens (primary N) is 2. The summed E-state index contributed by atoms with van der Waals surface area (Å²) in [5, 5.41) is 2.03. The van der Waals surface area contributed by atoms with Crippen LogP contribution in [0.3, 0.4) is 0 Å². The van der Waals surface area contributed by atoms with Crippen molar-refractivity contribution in [3.63, 3.8) is 0 Å². The van der Waals surface area contributed by atoms with Crippen molar-refractivity contribution < 1.29 is 9.47 Å². The number of anilines is 2. The summed E-state index contributed by atoms with van der Waals surface area (Å²) in [7, 11) is 0. The lowest BCUT2D eigenvalue weighted by atomic mass is 10.1. The zero-order valence-electron chi connectivity index (χ0n) is 14.5.